The fraction of sp³-hybridized carbons (Fsp3) is 0.0455. The molecule has 2 N–H and O–H groups in total. The van der Waals surface area contributed by atoms with Gasteiger partial charge < -0.3 is 4.74 Å². The summed E-state index contributed by atoms with van der Waals surface area (Å²) >= 11 is 0. The molecular weight excluding hydrogens is 352 g/mol. The van der Waals surface area contributed by atoms with Crippen LogP contribution in [0.4, 0.5) is 0 Å². The molecule has 0 atom stereocenters. The molecule has 138 valence electrons. The molecule has 4 rings (SSSR count). The van der Waals surface area contributed by atoms with Crippen molar-refractivity contribution in [2.24, 2.45) is 5.10 Å². The number of methoxy groups -OCH3 is 1. The molecule has 0 saturated heterocycles. The minimum atomic E-state index is -0.370. The number of amides is 1. The maximum atomic E-state index is 12.4. The minimum Gasteiger partial charge on any atom is -0.496 e. The summed E-state index contributed by atoms with van der Waals surface area (Å²) in [6, 6.07) is 23.2. The third-order valence-corrected chi connectivity index (χ3v) is 4.40. The highest BCUT2D eigenvalue weighted by Gasteiger charge is 2.12. The number of fused-ring (bicyclic) bond motifs is 1. The van der Waals surface area contributed by atoms with Crippen molar-refractivity contribution in [2.45, 2.75) is 0 Å². The van der Waals surface area contributed by atoms with E-state index in [9.17, 15) is 4.79 Å². The van der Waals surface area contributed by atoms with Gasteiger partial charge in [0.15, 0.2) is 0 Å². The second-order valence-electron chi connectivity index (χ2n) is 6.13. The van der Waals surface area contributed by atoms with Crippen molar-refractivity contribution >= 4 is 22.9 Å². The standard InChI is InChI=1S/C22H18N4O2/c1-28-21-12-5-3-8-16(21)14-23-26-22(27)20-13-19(24-25-20)18-11-6-9-15-7-2-4-10-17(15)18/h2-14H,1H3,(H,24,25)(H,26,27)/b23-14+. The molecule has 3 aromatic carbocycles. The van der Waals surface area contributed by atoms with E-state index in [0.717, 1.165) is 21.9 Å². The number of hydrogen-bond acceptors (Lipinski definition) is 4. The lowest BCUT2D eigenvalue weighted by molar-refractivity contribution is 0.0950. The number of benzene rings is 3. The Morgan fingerprint density at radius 1 is 1.07 bits per heavy atom. The van der Waals surface area contributed by atoms with Gasteiger partial charge >= 0.3 is 0 Å². The molecule has 6 heteroatoms. The maximum Gasteiger partial charge on any atom is 0.289 e. The Hall–Kier alpha value is -3.93. The molecule has 0 aliphatic carbocycles. The van der Waals surface area contributed by atoms with Crippen LogP contribution in [0.15, 0.2) is 77.9 Å². The van der Waals surface area contributed by atoms with E-state index in [1.54, 1.807) is 19.4 Å². The summed E-state index contributed by atoms with van der Waals surface area (Å²) in [5.74, 6) is 0.311. The van der Waals surface area contributed by atoms with Crippen molar-refractivity contribution in [3.05, 3.63) is 84.1 Å². The number of ether oxygens (including phenoxy) is 1. The number of aromatic nitrogens is 2. The Morgan fingerprint density at radius 3 is 2.75 bits per heavy atom. The van der Waals surface area contributed by atoms with Crippen LogP contribution in [0, 0.1) is 0 Å². The Labute approximate surface area is 161 Å². The first-order valence-corrected chi connectivity index (χ1v) is 8.76. The van der Waals surface area contributed by atoms with E-state index in [2.05, 4.69) is 20.7 Å². The van der Waals surface area contributed by atoms with Gasteiger partial charge in [0.25, 0.3) is 5.91 Å². The van der Waals surface area contributed by atoms with Gasteiger partial charge in [-0.3, -0.25) is 9.89 Å². The van der Waals surface area contributed by atoms with Crippen LogP contribution in [0.3, 0.4) is 0 Å². The zero-order chi connectivity index (χ0) is 19.3. The van der Waals surface area contributed by atoms with Gasteiger partial charge in [0.1, 0.15) is 11.4 Å². The monoisotopic (exact) mass is 370 g/mol. The van der Waals surface area contributed by atoms with E-state index in [0.29, 0.717) is 17.1 Å². The van der Waals surface area contributed by atoms with Crippen molar-refractivity contribution in [3.63, 3.8) is 0 Å². The van der Waals surface area contributed by atoms with Crippen LogP contribution in [0.5, 0.6) is 5.75 Å². The lowest BCUT2D eigenvalue weighted by Crippen LogP contribution is -2.18. The van der Waals surface area contributed by atoms with E-state index in [-0.39, 0.29) is 5.91 Å². The molecule has 1 amide bonds. The Morgan fingerprint density at radius 2 is 1.86 bits per heavy atom. The molecule has 6 nitrogen and oxygen atoms in total. The summed E-state index contributed by atoms with van der Waals surface area (Å²) in [7, 11) is 1.59. The molecule has 0 aliphatic heterocycles. The largest absolute Gasteiger partial charge is 0.496 e. The zero-order valence-electron chi connectivity index (χ0n) is 15.2. The lowest BCUT2D eigenvalue weighted by atomic mass is 10.0. The van der Waals surface area contributed by atoms with Crippen molar-refractivity contribution < 1.29 is 9.53 Å². The molecule has 0 unspecified atom stereocenters. The van der Waals surface area contributed by atoms with Crippen LogP contribution in [0.1, 0.15) is 16.1 Å². The number of para-hydroxylation sites is 1. The van der Waals surface area contributed by atoms with Gasteiger partial charge in [0, 0.05) is 11.1 Å². The summed E-state index contributed by atoms with van der Waals surface area (Å²) in [5.41, 5.74) is 5.28. The van der Waals surface area contributed by atoms with Crippen LogP contribution in [0.25, 0.3) is 22.0 Å². The van der Waals surface area contributed by atoms with Gasteiger partial charge in [-0.05, 0) is 29.0 Å². The predicted molar refractivity (Wildman–Crippen MR) is 110 cm³/mol. The average Bonchev–Trinajstić information content (AvgIpc) is 3.24. The molecular formula is C22H18N4O2. The number of hydrogen-bond donors (Lipinski definition) is 2. The molecule has 0 saturated carbocycles. The fourth-order valence-corrected chi connectivity index (χ4v) is 3.02. The quantitative estimate of drug-likeness (QED) is 0.412. The molecule has 0 aliphatic rings. The van der Waals surface area contributed by atoms with E-state index in [1.165, 1.54) is 0 Å². The summed E-state index contributed by atoms with van der Waals surface area (Å²) in [4.78, 5) is 12.4. The molecule has 0 spiro atoms. The van der Waals surface area contributed by atoms with Crippen LogP contribution in [-0.4, -0.2) is 29.4 Å². The van der Waals surface area contributed by atoms with Crippen molar-refractivity contribution in [1.29, 1.82) is 0 Å². The van der Waals surface area contributed by atoms with Gasteiger partial charge in [0.05, 0.1) is 19.0 Å². The van der Waals surface area contributed by atoms with E-state index < -0.39 is 0 Å². The van der Waals surface area contributed by atoms with Crippen molar-refractivity contribution in [2.75, 3.05) is 7.11 Å². The molecule has 28 heavy (non-hydrogen) atoms. The van der Waals surface area contributed by atoms with E-state index >= 15 is 0 Å². The predicted octanol–water partition coefficient (Wildman–Crippen LogP) is 4.00. The Bertz CT molecular complexity index is 1160. The van der Waals surface area contributed by atoms with Crippen LogP contribution >= 0.6 is 0 Å². The molecule has 0 fully saturated rings. The van der Waals surface area contributed by atoms with Crippen LogP contribution in [0.2, 0.25) is 0 Å². The minimum absolute atomic E-state index is 0.333. The topological polar surface area (TPSA) is 79.4 Å². The molecule has 0 bridgehead atoms. The molecule has 0 radical (unpaired) electrons. The second kappa shape index (κ2) is 7.75. The van der Waals surface area contributed by atoms with E-state index in [4.69, 9.17) is 4.74 Å². The highest BCUT2D eigenvalue weighted by atomic mass is 16.5. The summed E-state index contributed by atoms with van der Waals surface area (Å²) in [6.07, 6.45) is 1.54. The average molecular weight is 370 g/mol. The van der Waals surface area contributed by atoms with Gasteiger partial charge in [0.2, 0.25) is 0 Å². The zero-order valence-corrected chi connectivity index (χ0v) is 15.2. The second-order valence-corrected chi connectivity index (χ2v) is 6.13. The molecule has 1 aromatic heterocycles. The summed E-state index contributed by atoms with van der Waals surface area (Å²) in [5, 5.41) is 13.3. The van der Waals surface area contributed by atoms with Crippen LogP contribution in [-0.2, 0) is 0 Å². The highest BCUT2D eigenvalue weighted by Crippen LogP contribution is 2.27. The lowest BCUT2D eigenvalue weighted by Gasteiger charge is -2.03. The Kier molecular flexibility index (Phi) is 4.84. The third-order valence-electron chi connectivity index (χ3n) is 4.40. The SMILES string of the molecule is COc1ccccc1/C=N/NC(=O)c1cc(-c2cccc3ccccc23)n[nH]1. The number of carbonyl (C=O) groups excluding carboxylic acids is 1. The normalized spacial score (nSPS) is 11.0. The highest BCUT2D eigenvalue weighted by molar-refractivity contribution is 5.98. The number of hydrazone groups is 1. The number of aromatic amines is 1. The molecule has 4 aromatic rings. The van der Waals surface area contributed by atoms with Crippen molar-refractivity contribution in [1.82, 2.24) is 15.6 Å². The summed E-state index contributed by atoms with van der Waals surface area (Å²) < 4.78 is 5.25. The number of rotatable bonds is 5. The molecule has 1 heterocycles. The van der Waals surface area contributed by atoms with E-state index in [1.807, 2.05) is 66.7 Å². The fourth-order valence-electron chi connectivity index (χ4n) is 3.02. The van der Waals surface area contributed by atoms with Gasteiger partial charge in [-0.15, -0.1) is 0 Å². The van der Waals surface area contributed by atoms with Crippen LogP contribution < -0.4 is 10.2 Å². The third kappa shape index (κ3) is 3.48. The summed E-state index contributed by atoms with van der Waals surface area (Å²) in [6.45, 7) is 0. The first-order valence-electron chi connectivity index (χ1n) is 8.76. The number of nitrogens with one attached hydrogen (secondary N) is 2. The van der Waals surface area contributed by atoms with Gasteiger partial charge in [-0.1, -0.05) is 54.6 Å². The van der Waals surface area contributed by atoms with Gasteiger partial charge in [-0.25, -0.2) is 5.43 Å². The number of nitrogens with zero attached hydrogens (tertiary/aromatic N) is 2. The Balaban J connectivity index is 1.52. The maximum absolute atomic E-state index is 12.4. The number of H-pyrrole nitrogens is 1. The number of carbonyl (C=O) groups is 1. The van der Waals surface area contributed by atoms with Gasteiger partial charge in [-0.2, -0.15) is 10.2 Å². The first-order chi connectivity index (χ1) is 13.8. The van der Waals surface area contributed by atoms with Crippen molar-refractivity contribution in [3.8, 4) is 17.0 Å². The first kappa shape index (κ1) is 17.5. The smallest absolute Gasteiger partial charge is 0.289 e.